The molecular formula is C23H30FN5O2. The molecule has 2 heterocycles. The Morgan fingerprint density at radius 1 is 1.16 bits per heavy atom. The van der Waals surface area contributed by atoms with E-state index in [1.165, 1.54) is 12.1 Å². The Morgan fingerprint density at radius 3 is 2.52 bits per heavy atom. The molecular weight excluding hydrogens is 397 g/mol. The van der Waals surface area contributed by atoms with Gasteiger partial charge < -0.3 is 10.2 Å². The van der Waals surface area contributed by atoms with Crippen LogP contribution >= 0.6 is 0 Å². The first-order chi connectivity index (χ1) is 14.9. The van der Waals surface area contributed by atoms with Crippen LogP contribution in [0.3, 0.4) is 0 Å². The maximum absolute atomic E-state index is 14.3. The van der Waals surface area contributed by atoms with Crippen LogP contribution in [0.4, 0.5) is 10.1 Å². The van der Waals surface area contributed by atoms with Crippen molar-refractivity contribution in [2.75, 3.05) is 31.5 Å². The van der Waals surface area contributed by atoms with Crippen molar-refractivity contribution in [1.29, 1.82) is 0 Å². The van der Waals surface area contributed by atoms with Crippen molar-refractivity contribution >= 4 is 17.5 Å². The summed E-state index contributed by atoms with van der Waals surface area (Å²) in [7, 11) is 1.74. The van der Waals surface area contributed by atoms with E-state index in [0.29, 0.717) is 31.2 Å². The van der Waals surface area contributed by atoms with E-state index in [9.17, 15) is 14.0 Å². The third-order valence-electron chi connectivity index (χ3n) is 6.46. The van der Waals surface area contributed by atoms with Crippen molar-refractivity contribution in [3.05, 3.63) is 47.0 Å². The van der Waals surface area contributed by atoms with Crippen LogP contribution in [0.15, 0.2) is 24.4 Å². The number of nitrogens with zero attached hydrogens (tertiary/aromatic N) is 4. The van der Waals surface area contributed by atoms with Gasteiger partial charge in [0.2, 0.25) is 5.91 Å². The van der Waals surface area contributed by atoms with Gasteiger partial charge in [0.25, 0.3) is 5.91 Å². The average Bonchev–Trinajstić information content (AvgIpc) is 3.43. The fraction of sp³-hybridized carbons (Fsp3) is 0.522. The molecule has 31 heavy (non-hydrogen) atoms. The van der Waals surface area contributed by atoms with Crippen LogP contribution in [0.1, 0.15) is 47.3 Å². The van der Waals surface area contributed by atoms with Gasteiger partial charge >= 0.3 is 0 Å². The van der Waals surface area contributed by atoms with Crippen molar-refractivity contribution in [2.24, 2.45) is 13.0 Å². The second-order valence-electron chi connectivity index (χ2n) is 8.65. The predicted molar refractivity (Wildman–Crippen MR) is 116 cm³/mol. The molecule has 2 amide bonds. The van der Waals surface area contributed by atoms with Gasteiger partial charge in [-0.3, -0.25) is 19.2 Å². The number of hydrogen-bond donors (Lipinski definition) is 1. The van der Waals surface area contributed by atoms with Gasteiger partial charge in [0.1, 0.15) is 5.82 Å². The van der Waals surface area contributed by atoms with Gasteiger partial charge in [-0.2, -0.15) is 5.10 Å². The minimum atomic E-state index is -0.382. The molecule has 0 bridgehead atoms. The van der Waals surface area contributed by atoms with E-state index in [2.05, 4.69) is 15.3 Å². The Hall–Kier alpha value is -2.74. The van der Waals surface area contributed by atoms with Crippen LogP contribution in [0.25, 0.3) is 0 Å². The van der Waals surface area contributed by atoms with Crippen LogP contribution in [0.5, 0.6) is 0 Å². The molecule has 1 aromatic heterocycles. The van der Waals surface area contributed by atoms with E-state index in [4.69, 9.17) is 0 Å². The summed E-state index contributed by atoms with van der Waals surface area (Å²) in [4.78, 5) is 29.3. The number of halogens is 1. The molecule has 1 aliphatic carbocycles. The highest BCUT2D eigenvalue weighted by Gasteiger charge is 2.29. The smallest absolute Gasteiger partial charge is 0.276 e. The standard InChI is InChI=1S/C23H30FN5O2/c1-16-18(13-19(24)14-21(16)25-22(30)20-7-8-27(2)26-20)15-28-9-11-29(12-10-28)23(31)17-5-3-4-6-17/h7-8,13-14,17H,3-6,9-12,15H2,1-2H3,(H,25,30). The summed E-state index contributed by atoms with van der Waals surface area (Å²) >= 11 is 0. The van der Waals surface area contributed by atoms with Gasteiger partial charge in [-0.05, 0) is 49.1 Å². The van der Waals surface area contributed by atoms with Crippen molar-refractivity contribution in [3.8, 4) is 0 Å². The summed E-state index contributed by atoms with van der Waals surface area (Å²) in [6.07, 6.45) is 6.06. The van der Waals surface area contributed by atoms with Gasteiger partial charge in [0, 0.05) is 57.6 Å². The molecule has 1 aromatic carbocycles. The third kappa shape index (κ3) is 4.95. The largest absolute Gasteiger partial charge is 0.340 e. The maximum atomic E-state index is 14.3. The number of hydrogen-bond acceptors (Lipinski definition) is 4. The first kappa shape index (κ1) is 21.5. The summed E-state index contributed by atoms with van der Waals surface area (Å²) in [6.45, 7) is 5.44. The molecule has 0 unspecified atom stereocenters. The Morgan fingerprint density at radius 2 is 1.87 bits per heavy atom. The molecule has 0 radical (unpaired) electrons. The zero-order valence-corrected chi connectivity index (χ0v) is 18.2. The Labute approximate surface area is 182 Å². The first-order valence-electron chi connectivity index (χ1n) is 11.0. The lowest BCUT2D eigenvalue weighted by Crippen LogP contribution is -2.49. The minimum absolute atomic E-state index is 0.210. The number of carbonyl (C=O) groups is 2. The number of amides is 2. The Bertz CT molecular complexity index is 959. The quantitative estimate of drug-likeness (QED) is 0.797. The number of aryl methyl sites for hydroxylation is 1. The Balaban J connectivity index is 1.38. The number of benzene rings is 1. The lowest BCUT2D eigenvalue weighted by Gasteiger charge is -2.36. The highest BCUT2D eigenvalue weighted by molar-refractivity contribution is 6.03. The van der Waals surface area contributed by atoms with Crippen molar-refractivity contribution < 1.29 is 14.0 Å². The molecule has 166 valence electrons. The third-order valence-corrected chi connectivity index (χ3v) is 6.46. The van der Waals surface area contributed by atoms with Crippen LogP contribution in [-0.2, 0) is 18.4 Å². The second-order valence-corrected chi connectivity index (χ2v) is 8.65. The molecule has 4 rings (SSSR count). The number of rotatable bonds is 5. The maximum Gasteiger partial charge on any atom is 0.276 e. The number of piperazine rings is 1. The summed E-state index contributed by atoms with van der Waals surface area (Å²) in [5.41, 5.74) is 2.43. The SMILES string of the molecule is Cc1c(CN2CCN(C(=O)C3CCCC3)CC2)cc(F)cc1NC(=O)c1ccn(C)n1. The lowest BCUT2D eigenvalue weighted by molar-refractivity contribution is -0.137. The molecule has 2 aliphatic rings. The molecule has 8 heteroatoms. The van der Waals surface area contributed by atoms with E-state index in [1.807, 2.05) is 11.8 Å². The first-order valence-corrected chi connectivity index (χ1v) is 11.0. The lowest BCUT2D eigenvalue weighted by atomic mass is 10.0. The molecule has 1 saturated carbocycles. The highest BCUT2D eigenvalue weighted by atomic mass is 19.1. The number of aromatic nitrogens is 2. The fourth-order valence-corrected chi connectivity index (χ4v) is 4.55. The number of carbonyl (C=O) groups excluding carboxylic acids is 2. The number of nitrogens with one attached hydrogen (secondary N) is 1. The zero-order valence-electron chi connectivity index (χ0n) is 18.2. The highest BCUT2D eigenvalue weighted by Crippen LogP contribution is 2.27. The van der Waals surface area contributed by atoms with Crippen LogP contribution < -0.4 is 5.32 Å². The predicted octanol–water partition coefficient (Wildman–Crippen LogP) is 2.95. The van der Waals surface area contributed by atoms with E-state index in [0.717, 1.165) is 49.9 Å². The monoisotopic (exact) mass is 427 g/mol. The van der Waals surface area contributed by atoms with Crippen LogP contribution in [0, 0.1) is 18.7 Å². The summed E-state index contributed by atoms with van der Waals surface area (Å²) in [5.74, 6) is -0.229. The van der Waals surface area contributed by atoms with Crippen molar-refractivity contribution in [3.63, 3.8) is 0 Å². The molecule has 7 nitrogen and oxygen atoms in total. The number of anilines is 1. The van der Waals surface area contributed by atoms with E-state index in [-0.39, 0.29) is 23.3 Å². The molecule has 2 aromatic rings. The molecule has 0 atom stereocenters. The average molecular weight is 428 g/mol. The molecule has 1 aliphatic heterocycles. The van der Waals surface area contributed by atoms with Crippen LogP contribution in [0.2, 0.25) is 0 Å². The topological polar surface area (TPSA) is 70.5 Å². The van der Waals surface area contributed by atoms with Gasteiger partial charge in [0.15, 0.2) is 5.69 Å². The van der Waals surface area contributed by atoms with E-state index >= 15 is 0 Å². The van der Waals surface area contributed by atoms with Crippen molar-refractivity contribution in [1.82, 2.24) is 19.6 Å². The van der Waals surface area contributed by atoms with E-state index in [1.54, 1.807) is 24.0 Å². The molecule has 2 fully saturated rings. The van der Waals surface area contributed by atoms with Gasteiger partial charge in [-0.1, -0.05) is 12.8 Å². The second kappa shape index (κ2) is 9.18. The Kier molecular flexibility index (Phi) is 6.36. The minimum Gasteiger partial charge on any atom is -0.340 e. The van der Waals surface area contributed by atoms with E-state index < -0.39 is 0 Å². The molecule has 1 saturated heterocycles. The van der Waals surface area contributed by atoms with Crippen molar-refractivity contribution in [2.45, 2.75) is 39.2 Å². The van der Waals surface area contributed by atoms with Crippen LogP contribution in [-0.4, -0.2) is 57.6 Å². The fourth-order valence-electron chi connectivity index (χ4n) is 4.55. The van der Waals surface area contributed by atoms with Gasteiger partial charge in [-0.25, -0.2) is 4.39 Å². The van der Waals surface area contributed by atoms with Gasteiger partial charge in [-0.15, -0.1) is 0 Å². The molecule has 0 spiro atoms. The summed E-state index contributed by atoms with van der Waals surface area (Å²) in [6, 6.07) is 4.50. The zero-order chi connectivity index (χ0) is 22.0. The van der Waals surface area contributed by atoms with Gasteiger partial charge in [0.05, 0.1) is 0 Å². The molecule has 1 N–H and O–H groups in total. The normalized spacial score (nSPS) is 17.8. The summed E-state index contributed by atoms with van der Waals surface area (Å²) < 4.78 is 15.9. The summed E-state index contributed by atoms with van der Waals surface area (Å²) in [5, 5.41) is 6.88.